The molecular weight excluding hydrogens is 404 g/mol. The van der Waals surface area contributed by atoms with Crippen molar-refractivity contribution in [2.24, 2.45) is 0 Å². The number of rotatable bonds is 5. The first-order chi connectivity index (χ1) is 14.2. The summed E-state index contributed by atoms with van der Waals surface area (Å²) in [5.41, 5.74) is 1.60. The number of aromatic carboxylic acids is 1. The molecule has 2 aliphatic rings. The molecule has 2 aromatic heterocycles. The molecule has 0 spiro atoms. The molecule has 1 aliphatic carbocycles. The number of carbonyl (C=O) groups is 1. The van der Waals surface area contributed by atoms with Gasteiger partial charge in [0.25, 0.3) is 0 Å². The Kier molecular flexibility index (Phi) is 5.92. The van der Waals surface area contributed by atoms with E-state index in [4.69, 9.17) is 4.74 Å². The van der Waals surface area contributed by atoms with Crippen LogP contribution in [-0.2, 0) is 0 Å². The number of nitrogens with zero attached hydrogens (tertiary/aromatic N) is 4. The first kappa shape index (κ1) is 20.6. The van der Waals surface area contributed by atoms with Crippen LogP contribution in [0.15, 0.2) is 43.0 Å². The van der Waals surface area contributed by atoms with Gasteiger partial charge >= 0.3 is 5.97 Å². The van der Waals surface area contributed by atoms with Crippen LogP contribution in [0.3, 0.4) is 0 Å². The maximum absolute atomic E-state index is 11.8. The van der Waals surface area contributed by atoms with Crippen molar-refractivity contribution in [1.82, 2.24) is 19.4 Å². The zero-order valence-corrected chi connectivity index (χ0v) is 17.4. The highest BCUT2D eigenvalue weighted by atomic mass is 35.5. The van der Waals surface area contributed by atoms with Crippen LogP contribution in [-0.4, -0.2) is 55.7 Å². The van der Waals surface area contributed by atoms with E-state index in [2.05, 4.69) is 14.9 Å². The van der Waals surface area contributed by atoms with Crippen LogP contribution in [0.1, 0.15) is 42.6 Å². The third kappa shape index (κ3) is 3.87. The molecule has 0 unspecified atom stereocenters. The van der Waals surface area contributed by atoms with Crippen LogP contribution < -0.4 is 4.74 Å². The average molecular weight is 429 g/mol. The van der Waals surface area contributed by atoms with Crippen molar-refractivity contribution in [1.29, 1.82) is 0 Å². The molecule has 3 heterocycles. The van der Waals surface area contributed by atoms with Gasteiger partial charge in [0.15, 0.2) is 0 Å². The maximum atomic E-state index is 11.8. The summed E-state index contributed by atoms with van der Waals surface area (Å²) in [5.74, 6) is -0.200. The van der Waals surface area contributed by atoms with Gasteiger partial charge in [0.05, 0.1) is 23.6 Å². The molecule has 1 N–H and O–H groups in total. The molecule has 1 saturated carbocycles. The highest BCUT2D eigenvalue weighted by Crippen LogP contribution is 2.31. The van der Waals surface area contributed by atoms with E-state index in [1.165, 1.54) is 25.6 Å². The predicted octanol–water partition coefficient (Wildman–Crippen LogP) is 3.94. The number of aromatic nitrogens is 3. The molecule has 0 atom stereocenters. The highest BCUT2D eigenvalue weighted by Gasteiger charge is 2.29. The molecular formula is C22H25ClN4O3. The number of likely N-dealkylation sites (tertiary alicyclic amines) is 1. The second-order valence-electron chi connectivity index (χ2n) is 7.93. The minimum Gasteiger partial charge on any atom is -0.490 e. The summed E-state index contributed by atoms with van der Waals surface area (Å²) in [5, 5.41) is 10.5. The summed E-state index contributed by atoms with van der Waals surface area (Å²) < 4.78 is 7.92. The molecule has 30 heavy (non-hydrogen) atoms. The van der Waals surface area contributed by atoms with Gasteiger partial charge in [-0.15, -0.1) is 12.4 Å². The summed E-state index contributed by atoms with van der Waals surface area (Å²) in [6.45, 7) is 2.20. The lowest BCUT2D eigenvalue weighted by molar-refractivity contribution is 0.0494. The smallest absolute Gasteiger partial charge is 0.352 e. The summed E-state index contributed by atoms with van der Waals surface area (Å²) in [7, 11) is 0. The number of halogens is 1. The minimum absolute atomic E-state index is 0. The van der Waals surface area contributed by atoms with Gasteiger partial charge in [0, 0.05) is 24.5 Å². The molecule has 3 aromatic rings. The van der Waals surface area contributed by atoms with Gasteiger partial charge in [-0.1, -0.05) is 6.42 Å². The lowest BCUT2D eigenvalue weighted by atomic mass is 9.90. The molecule has 158 valence electrons. The van der Waals surface area contributed by atoms with E-state index in [9.17, 15) is 9.90 Å². The Morgan fingerprint density at radius 1 is 1.07 bits per heavy atom. The molecule has 0 radical (unpaired) electrons. The van der Waals surface area contributed by atoms with Gasteiger partial charge in [-0.2, -0.15) is 0 Å². The number of carboxylic acid groups (broad SMARTS) is 1. The number of ether oxygens (including phenoxy) is 1. The van der Waals surface area contributed by atoms with Crippen LogP contribution in [0.4, 0.5) is 0 Å². The fourth-order valence-corrected chi connectivity index (χ4v) is 4.41. The van der Waals surface area contributed by atoms with E-state index >= 15 is 0 Å². The summed E-state index contributed by atoms with van der Waals surface area (Å²) >= 11 is 0. The largest absolute Gasteiger partial charge is 0.490 e. The molecule has 1 aromatic carbocycles. The van der Waals surface area contributed by atoms with Crippen LogP contribution >= 0.6 is 12.4 Å². The average Bonchev–Trinajstić information content (AvgIpc) is 3.08. The lowest BCUT2D eigenvalue weighted by Gasteiger charge is -2.41. The Balaban J connectivity index is 0.00000218. The maximum Gasteiger partial charge on any atom is 0.352 e. The summed E-state index contributed by atoms with van der Waals surface area (Å²) in [4.78, 5) is 22.4. The topological polar surface area (TPSA) is 80.5 Å². The van der Waals surface area contributed by atoms with E-state index in [-0.39, 0.29) is 24.2 Å². The van der Waals surface area contributed by atoms with Crippen molar-refractivity contribution < 1.29 is 14.6 Å². The molecule has 1 aliphatic heterocycles. The van der Waals surface area contributed by atoms with Gasteiger partial charge in [-0.25, -0.2) is 14.8 Å². The van der Waals surface area contributed by atoms with Crippen molar-refractivity contribution in [2.75, 3.05) is 13.1 Å². The van der Waals surface area contributed by atoms with Gasteiger partial charge in [0.2, 0.25) is 0 Å². The van der Waals surface area contributed by atoms with E-state index in [0.29, 0.717) is 5.69 Å². The lowest BCUT2D eigenvalue weighted by Crippen LogP contribution is -2.46. The van der Waals surface area contributed by atoms with E-state index in [1.54, 1.807) is 23.0 Å². The van der Waals surface area contributed by atoms with Crippen molar-refractivity contribution in [3.05, 3.63) is 48.7 Å². The van der Waals surface area contributed by atoms with Crippen LogP contribution in [0.25, 0.3) is 16.6 Å². The van der Waals surface area contributed by atoms with E-state index in [1.807, 2.05) is 18.2 Å². The first-order valence-corrected chi connectivity index (χ1v) is 10.2. The SMILES string of the molecule is Cl.O=C(O)c1cc2cc(OC3CCN(C4CCC4)CC3)ccc2n1-c1cncnc1. The van der Waals surface area contributed by atoms with Crippen molar-refractivity contribution in [3.8, 4) is 11.4 Å². The monoisotopic (exact) mass is 428 g/mol. The third-order valence-corrected chi connectivity index (χ3v) is 6.17. The standard InChI is InChI=1S/C22H24N4O3.ClH/c27-22(28)21-11-15-10-19(4-5-20(15)26(21)17-12-23-14-24-13-17)29-18-6-8-25(9-7-18)16-2-1-3-16;/h4-5,10-14,16,18H,1-3,6-9H2,(H,27,28);1H. The number of hydrogen-bond acceptors (Lipinski definition) is 5. The Morgan fingerprint density at radius 3 is 2.43 bits per heavy atom. The van der Waals surface area contributed by atoms with Gasteiger partial charge < -0.3 is 19.3 Å². The zero-order chi connectivity index (χ0) is 19.8. The second-order valence-corrected chi connectivity index (χ2v) is 7.93. The number of benzene rings is 1. The Morgan fingerprint density at radius 2 is 1.80 bits per heavy atom. The normalized spacial score (nSPS) is 18.0. The quantitative estimate of drug-likeness (QED) is 0.663. The minimum atomic E-state index is -0.990. The molecule has 0 bridgehead atoms. The van der Waals surface area contributed by atoms with Gasteiger partial charge in [0.1, 0.15) is 23.9 Å². The molecule has 8 heteroatoms. The van der Waals surface area contributed by atoms with Crippen LogP contribution in [0, 0.1) is 0 Å². The first-order valence-electron chi connectivity index (χ1n) is 10.2. The predicted molar refractivity (Wildman–Crippen MR) is 116 cm³/mol. The second kappa shape index (κ2) is 8.62. The third-order valence-electron chi connectivity index (χ3n) is 6.17. The number of fused-ring (bicyclic) bond motifs is 1. The van der Waals surface area contributed by atoms with E-state index < -0.39 is 5.97 Å². The fourth-order valence-electron chi connectivity index (χ4n) is 4.41. The van der Waals surface area contributed by atoms with Gasteiger partial charge in [-0.05, 0) is 49.9 Å². The van der Waals surface area contributed by atoms with Crippen LogP contribution in [0.2, 0.25) is 0 Å². The Hall–Kier alpha value is -2.64. The molecule has 0 amide bonds. The summed E-state index contributed by atoms with van der Waals surface area (Å²) in [6.07, 6.45) is 11.0. The zero-order valence-electron chi connectivity index (χ0n) is 16.6. The fraction of sp³-hybridized carbons (Fsp3) is 0.409. The Labute approximate surface area is 181 Å². The van der Waals surface area contributed by atoms with Gasteiger partial charge in [-0.3, -0.25) is 0 Å². The van der Waals surface area contributed by atoms with Crippen molar-refractivity contribution >= 4 is 29.3 Å². The molecule has 1 saturated heterocycles. The van der Waals surface area contributed by atoms with Crippen LogP contribution in [0.5, 0.6) is 5.75 Å². The Bertz CT molecular complexity index is 1030. The molecule has 7 nitrogen and oxygen atoms in total. The molecule has 5 rings (SSSR count). The number of piperidine rings is 1. The highest BCUT2D eigenvalue weighted by molar-refractivity contribution is 5.96. The van der Waals surface area contributed by atoms with E-state index in [0.717, 1.165) is 48.6 Å². The van der Waals surface area contributed by atoms with Crippen molar-refractivity contribution in [2.45, 2.75) is 44.2 Å². The number of hydrogen-bond donors (Lipinski definition) is 1. The molecule has 2 fully saturated rings. The van der Waals surface area contributed by atoms with Crippen molar-refractivity contribution in [3.63, 3.8) is 0 Å². The number of carboxylic acids is 1. The summed E-state index contributed by atoms with van der Waals surface area (Å²) in [6, 6.07) is 8.24.